The summed E-state index contributed by atoms with van der Waals surface area (Å²) in [7, 11) is 0. The molecule has 0 aliphatic heterocycles. The molecule has 0 atom stereocenters. The zero-order valence-corrected chi connectivity index (χ0v) is 16.6. The number of hydrogen-bond donors (Lipinski definition) is 3. The molecule has 0 unspecified atom stereocenters. The van der Waals surface area contributed by atoms with Crippen molar-refractivity contribution < 1.29 is 4.39 Å². The Kier molecular flexibility index (Phi) is 6.41. The first kappa shape index (κ1) is 19.2. The summed E-state index contributed by atoms with van der Waals surface area (Å²) >= 11 is 0. The van der Waals surface area contributed by atoms with E-state index in [1.807, 2.05) is 24.4 Å². The van der Waals surface area contributed by atoms with Gasteiger partial charge in [0.2, 0.25) is 0 Å². The van der Waals surface area contributed by atoms with Gasteiger partial charge in [0.15, 0.2) is 5.96 Å². The molecule has 2 aromatic carbocycles. The van der Waals surface area contributed by atoms with Crippen molar-refractivity contribution >= 4 is 46.5 Å². The quantitative estimate of drug-likeness (QED) is 0.310. The molecule has 6 heteroatoms. The molecule has 4 N–H and O–H groups in total. The molecule has 0 fully saturated rings. The first-order valence-electron chi connectivity index (χ1n) is 7.92. The van der Waals surface area contributed by atoms with Crippen LogP contribution in [0, 0.1) is 19.7 Å². The molecule has 4 nitrogen and oxygen atoms in total. The van der Waals surface area contributed by atoms with Gasteiger partial charge in [-0.15, -0.1) is 24.0 Å². The molecule has 1 aromatic heterocycles. The number of fused-ring (bicyclic) bond motifs is 1. The Balaban J connectivity index is 0.00000225. The SMILES string of the molecule is Cc1ccc(NC(N)=NCCc2c[nH]c3ccc(F)cc23)cc1C.I. The average molecular weight is 452 g/mol. The van der Waals surface area contributed by atoms with Crippen molar-refractivity contribution in [2.24, 2.45) is 10.7 Å². The van der Waals surface area contributed by atoms with E-state index in [-0.39, 0.29) is 29.8 Å². The first-order chi connectivity index (χ1) is 11.5. The van der Waals surface area contributed by atoms with Crippen LogP contribution in [0.5, 0.6) is 0 Å². The summed E-state index contributed by atoms with van der Waals surface area (Å²) in [5.41, 5.74) is 11.3. The molecule has 3 aromatic rings. The average Bonchev–Trinajstić information content (AvgIpc) is 2.93. The van der Waals surface area contributed by atoms with Crippen LogP contribution in [0.2, 0.25) is 0 Å². The van der Waals surface area contributed by atoms with Gasteiger partial charge in [0.25, 0.3) is 0 Å². The van der Waals surface area contributed by atoms with E-state index in [9.17, 15) is 4.39 Å². The summed E-state index contributed by atoms with van der Waals surface area (Å²) in [6, 6.07) is 10.8. The largest absolute Gasteiger partial charge is 0.370 e. The number of aromatic nitrogens is 1. The minimum atomic E-state index is -0.234. The number of H-pyrrole nitrogens is 1. The van der Waals surface area contributed by atoms with E-state index in [0.717, 1.165) is 22.2 Å². The Morgan fingerprint density at radius 2 is 1.96 bits per heavy atom. The Morgan fingerprint density at radius 1 is 1.16 bits per heavy atom. The predicted molar refractivity (Wildman–Crippen MR) is 113 cm³/mol. The molecule has 0 spiro atoms. The van der Waals surface area contributed by atoms with Gasteiger partial charge in [-0.25, -0.2) is 4.39 Å². The maximum atomic E-state index is 13.4. The topological polar surface area (TPSA) is 66.2 Å². The molecule has 1 heterocycles. The van der Waals surface area contributed by atoms with E-state index >= 15 is 0 Å². The van der Waals surface area contributed by atoms with E-state index in [1.165, 1.54) is 17.2 Å². The van der Waals surface area contributed by atoms with Gasteiger partial charge >= 0.3 is 0 Å². The minimum Gasteiger partial charge on any atom is -0.370 e. The molecule has 0 saturated carbocycles. The Hall–Kier alpha value is -2.09. The summed E-state index contributed by atoms with van der Waals surface area (Å²) in [6.07, 6.45) is 2.59. The second-order valence-electron chi connectivity index (χ2n) is 5.94. The van der Waals surface area contributed by atoms with Gasteiger partial charge in [0, 0.05) is 29.3 Å². The molecule has 25 heavy (non-hydrogen) atoms. The van der Waals surface area contributed by atoms with Gasteiger partial charge in [-0.1, -0.05) is 6.07 Å². The van der Waals surface area contributed by atoms with Crippen molar-refractivity contribution in [1.82, 2.24) is 4.98 Å². The van der Waals surface area contributed by atoms with Crippen LogP contribution in [-0.2, 0) is 6.42 Å². The van der Waals surface area contributed by atoms with Crippen LogP contribution in [0.3, 0.4) is 0 Å². The lowest BCUT2D eigenvalue weighted by molar-refractivity contribution is 0.629. The van der Waals surface area contributed by atoms with Crippen LogP contribution >= 0.6 is 24.0 Å². The number of hydrogen-bond acceptors (Lipinski definition) is 1. The normalized spacial score (nSPS) is 11.4. The van der Waals surface area contributed by atoms with E-state index in [2.05, 4.69) is 29.1 Å². The summed E-state index contributed by atoms with van der Waals surface area (Å²) in [5.74, 6) is 0.145. The molecule has 0 bridgehead atoms. The number of aryl methyl sites for hydroxylation is 2. The van der Waals surface area contributed by atoms with Crippen molar-refractivity contribution in [3.05, 3.63) is 65.1 Å². The number of anilines is 1. The summed E-state index contributed by atoms with van der Waals surface area (Å²) in [5, 5.41) is 3.99. The van der Waals surface area contributed by atoms with Crippen molar-refractivity contribution in [2.45, 2.75) is 20.3 Å². The summed E-state index contributed by atoms with van der Waals surface area (Å²) in [4.78, 5) is 7.49. The first-order valence-corrected chi connectivity index (χ1v) is 7.92. The molecule has 0 aliphatic carbocycles. The van der Waals surface area contributed by atoms with Crippen molar-refractivity contribution in [2.75, 3.05) is 11.9 Å². The highest BCUT2D eigenvalue weighted by Gasteiger charge is 2.05. The van der Waals surface area contributed by atoms with Crippen LogP contribution in [0.25, 0.3) is 10.9 Å². The molecular formula is C19H22FIN4. The monoisotopic (exact) mass is 452 g/mol. The lowest BCUT2D eigenvalue weighted by Crippen LogP contribution is -2.23. The third-order valence-electron chi connectivity index (χ3n) is 4.17. The number of halogens is 2. The van der Waals surface area contributed by atoms with Gasteiger partial charge < -0.3 is 16.0 Å². The third kappa shape index (κ3) is 4.72. The summed E-state index contributed by atoms with van der Waals surface area (Å²) in [6.45, 7) is 4.66. The Morgan fingerprint density at radius 3 is 2.72 bits per heavy atom. The number of aliphatic imine (C=N–C) groups is 1. The maximum Gasteiger partial charge on any atom is 0.193 e. The molecular weight excluding hydrogens is 430 g/mol. The molecule has 0 radical (unpaired) electrons. The zero-order valence-electron chi connectivity index (χ0n) is 14.3. The van der Waals surface area contributed by atoms with Gasteiger partial charge in [0.1, 0.15) is 5.82 Å². The number of nitrogens with two attached hydrogens (primary N) is 1. The molecule has 132 valence electrons. The zero-order chi connectivity index (χ0) is 17.1. The van der Waals surface area contributed by atoms with Crippen LogP contribution in [0.4, 0.5) is 10.1 Å². The van der Waals surface area contributed by atoms with Crippen molar-refractivity contribution in [1.29, 1.82) is 0 Å². The standard InChI is InChI=1S/C19H21FN4.HI/c1-12-3-5-16(9-13(12)2)24-19(21)22-8-7-14-11-23-18-6-4-15(20)10-17(14)18;/h3-6,9-11,23H,7-8H2,1-2H3,(H3,21,22,24);1H. The van der Waals surface area contributed by atoms with Gasteiger partial charge in [0.05, 0.1) is 0 Å². The molecule has 3 rings (SSSR count). The fourth-order valence-corrected chi connectivity index (χ4v) is 2.66. The van der Waals surface area contributed by atoms with Crippen molar-refractivity contribution in [3.8, 4) is 0 Å². The van der Waals surface area contributed by atoms with Crippen molar-refractivity contribution in [3.63, 3.8) is 0 Å². The van der Waals surface area contributed by atoms with Gasteiger partial charge in [-0.3, -0.25) is 4.99 Å². The van der Waals surface area contributed by atoms with Crippen LogP contribution in [-0.4, -0.2) is 17.5 Å². The number of rotatable bonds is 4. The fraction of sp³-hybridized carbons (Fsp3) is 0.211. The fourth-order valence-electron chi connectivity index (χ4n) is 2.66. The number of aromatic amines is 1. The van der Waals surface area contributed by atoms with Crippen LogP contribution in [0.15, 0.2) is 47.6 Å². The van der Waals surface area contributed by atoms with Gasteiger partial charge in [-0.05, 0) is 67.3 Å². The number of nitrogens with one attached hydrogen (secondary N) is 2. The van der Waals surface area contributed by atoms with E-state index in [0.29, 0.717) is 18.9 Å². The number of benzene rings is 2. The lowest BCUT2D eigenvalue weighted by atomic mass is 10.1. The third-order valence-corrected chi connectivity index (χ3v) is 4.17. The highest BCUT2D eigenvalue weighted by molar-refractivity contribution is 14.0. The Labute approximate surface area is 163 Å². The van der Waals surface area contributed by atoms with E-state index in [1.54, 1.807) is 12.1 Å². The maximum absolute atomic E-state index is 13.4. The van der Waals surface area contributed by atoms with Crippen LogP contribution in [0.1, 0.15) is 16.7 Å². The second kappa shape index (κ2) is 8.33. The smallest absolute Gasteiger partial charge is 0.193 e. The second-order valence-corrected chi connectivity index (χ2v) is 5.94. The Bertz CT molecular complexity index is 902. The number of guanidine groups is 1. The lowest BCUT2D eigenvalue weighted by Gasteiger charge is -2.08. The molecule has 0 saturated heterocycles. The van der Waals surface area contributed by atoms with E-state index in [4.69, 9.17) is 5.73 Å². The predicted octanol–water partition coefficient (Wildman–Crippen LogP) is 4.51. The van der Waals surface area contributed by atoms with E-state index < -0.39 is 0 Å². The highest BCUT2D eigenvalue weighted by atomic mass is 127. The molecule has 0 amide bonds. The minimum absolute atomic E-state index is 0. The van der Waals surface area contributed by atoms with Gasteiger partial charge in [-0.2, -0.15) is 0 Å². The van der Waals surface area contributed by atoms with Crippen LogP contribution < -0.4 is 11.1 Å². The highest BCUT2D eigenvalue weighted by Crippen LogP contribution is 2.20. The molecule has 0 aliphatic rings. The summed E-state index contributed by atoms with van der Waals surface area (Å²) < 4.78 is 13.4. The number of nitrogens with zero attached hydrogens (tertiary/aromatic N) is 1.